The predicted molar refractivity (Wildman–Crippen MR) is 86.1 cm³/mol. The molecule has 2 heterocycles. The molecular weight excluding hydrogens is 348 g/mol. The summed E-state index contributed by atoms with van der Waals surface area (Å²) in [4.78, 5) is 0. The molecule has 1 saturated carbocycles. The van der Waals surface area contributed by atoms with E-state index >= 15 is 0 Å². The van der Waals surface area contributed by atoms with Gasteiger partial charge in [-0.15, -0.1) is 0 Å². The largest absolute Gasteiger partial charge is 0.495 e. The third-order valence-electron chi connectivity index (χ3n) is 4.70. The number of hydrogen-bond donors (Lipinski definition) is 0. The highest BCUT2D eigenvalue weighted by atomic mass is 79.9. The Hall–Kier alpha value is -1.11. The minimum atomic E-state index is -0.310. The molecule has 6 heteroatoms. The molecule has 5 nitrogen and oxygen atoms in total. The maximum absolute atomic E-state index is 5.80. The van der Waals surface area contributed by atoms with Crippen molar-refractivity contribution < 1.29 is 14.2 Å². The summed E-state index contributed by atoms with van der Waals surface area (Å²) in [6.45, 7) is 1.45. The Morgan fingerprint density at radius 1 is 1.27 bits per heavy atom. The average Bonchev–Trinajstić information content (AvgIpc) is 3.14. The minimum Gasteiger partial charge on any atom is -0.495 e. The van der Waals surface area contributed by atoms with Crippen LogP contribution in [0.1, 0.15) is 31.7 Å². The number of nitrogens with zero attached hydrogens (tertiary/aromatic N) is 2. The third kappa shape index (κ3) is 2.43. The van der Waals surface area contributed by atoms with Crippen LogP contribution in [0.15, 0.2) is 22.8 Å². The summed E-state index contributed by atoms with van der Waals surface area (Å²) >= 11 is 3.53. The highest BCUT2D eigenvalue weighted by molar-refractivity contribution is 9.10. The number of rotatable bonds is 2. The number of ether oxygens (including phenoxy) is 3. The van der Waals surface area contributed by atoms with Crippen molar-refractivity contribution in [1.82, 2.24) is 9.78 Å². The maximum atomic E-state index is 5.80. The molecule has 2 fully saturated rings. The zero-order chi connectivity index (χ0) is 15.2. The molecule has 1 spiro atoms. The predicted octanol–water partition coefficient (Wildman–Crippen LogP) is 3.67. The van der Waals surface area contributed by atoms with E-state index in [1.807, 2.05) is 6.07 Å². The number of benzene rings is 1. The standard InChI is InChI=1S/C16H19BrN2O3/c1-20-15-9-14-11(8-13(15)17)10-19(18-14)12-2-4-16(5-3-12)21-6-7-22-16/h8-10,12H,2-7H2,1H3. The highest BCUT2D eigenvalue weighted by Gasteiger charge is 2.40. The Balaban J connectivity index is 1.57. The van der Waals surface area contributed by atoms with E-state index in [2.05, 4.69) is 32.9 Å². The van der Waals surface area contributed by atoms with Crippen molar-refractivity contribution in [3.63, 3.8) is 0 Å². The van der Waals surface area contributed by atoms with Crippen LogP contribution >= 0.6 is 15.9 Å². The van der Waals surface area contributed by atoms with Crippen molar-refractivity contribution in [3.8, 4) is 5.75 Å². The van der Waals surface area contributed by atoms with E-state index in [1.165, 1.54) is 0 Å². The van der Waals surface area contributed by atoms with Gasteiger partial charge in [-0.05, 0) is 34.8 Å². The van der Waals surface area contributed by atoms with Gasteiger partial charge in [-0.3, -0.25) is 4.68 Å². The zero-order valence-corrected chi connectivity index (χ0v) is 14.1. The molecule has 2 aromatic rings. The summed E-state index contributed by atoms with van der Waals surface area (Å²) in [5, 5.41) is 5.86. The monoisotopic (exact) mass is 366 g/mol. The van der Waals surface area contributed by atoms with Gasteiger partial charge in [-0.1, -0.05) is 0 Å². The van der Waals surface area contributed by atoms with Gasteiger partial charge in [0, 0.05) is 30.5 Å². The lowest BCUT2D eigenvalue weighted by Gasteiger charge is -2.35. The number of methoxy groups -OCH3 is 1. The molecule has 1 aromatic heterocycles. The van der Waals surface area contributed by atoms with Gasteiger partial charge in [-0.2, -0.15) is 5.10 Å². The van der Waals surface area contributed by atoms with Crippen molar-refractivity contribution in [2.75, 3.05) is 20.3 Å². The molecule has 1 aromatic carbocycles. The third-order valence-corrected chi connectivity index (χ3v) is 5.32. The fraction of sp³-hybridized carbons (Fsp3) is 0.562. The minimum absolute atomic E-state index is 0.310. The summed E-state index contributed by atoms with van der Waals surface area (Å²) < 4.78 is 20.0. The first-order chi connectivity index (χ1) is 10.7. The van der Waals surface area contributed by atoms with Crippen molar-refractivity contribution >= 4 is 26.8 Å². The van der Waals surface area contributed by atoms with Gasteiger partial charge in [0.05, 0.1) is 36.4 Å². The first kappa shape index (κ1) is 14.5. The summed E-state index contributed by atoms with van der Waals surface area (Å²) in [6, 6.07) is 4.45. The normalized spacial score (nSPS) is 21.7. The van der Waals surface area contributed by atoms with E-state index in [9.17, 15) is 0 Å². The summed E-state index contributed by atoms with van der Waals surface area (Å²) in [5.74, 6) is 0.503. The van der Waals surface area contributed by atoms with Crippen LogP contribution in [0, 0.1) is 0 Å². The average molecular weight is 367 g/mol. The smallest absolute Gasteiger partial charge is 0.168 e. The lowest BCUT2D eigenvalue weighted by atomic mass is 9.90. The van der Waals surface area contributed by atoms with Gasteiger partial charge in [0.25, 0.3) is 0 Å². The van der Waals surface area contributed by atoms with Gasteiger partial charge < -0.3 is 14.2 Å². The van der Waals surface area contributed by atoms with Crippen LogP contribution in [-0.4, -0.2) is 35.9 Å². The Morgan fingerprint density at radius 3 is 2.68 bits per heavy atom. The SMILES string of the molecule is COc1cc2nn(C3CCC4(CC3)OCCO4)cc2cc1Br. The van der Waals surface area contributed by atoms with E-state index in [4.69, 9.17) is 19.3 Å². The Labute approximate surface area is 137 Å². The van der Waals surface area contributed by atoms with E-state index < -0.39 is 0 Å². The topological polar surface area (TPSA) is 45.5 Å². The number of fused-ring (bicyclic) bond motifs is 1. The van der Waals surface area contributed by atoms with Crippen molar-refractivity contribution in [3.05, 3.63) is 22.8 Å². The molecule has 1 aliphatic heterocycles. The molecule has 22 heavy (non-hydrogen) atoms. The van der Waals surface area contributed by atoms with Crippen LogP contribution in [0.3, 0.4) is 0 Å². The lowest BCUT2D eigenvalue weighted by molar-refractivity contribution is -0.181. The number of halogens is 1. The van der Waals surface area contributed by atoms with E-state index in [0.29, 0.717) is 6.04 Å². The second-order valence-corrected chi connectivity index (χ2v) is 6.85. The molecule has 118 valence electrons. The molecule has 1 aliphatic carbocycles. The summed E-state index contributed by atoms with van der Waals surface area (Å²) in [5.41, 5.74) is 0.966. The lowest BCUT2D eigenvalue weighted by Crippen LogP contribution is -2.35. The van der Waals surface area contributed by atoms with E-state index in [0.717, 1.165) is 60.0 Å². The molecular formula is C16H19BrN2O3. The second kappa shape index (κ2) is 5.51. The Morgan fingerprint density at radius 2 is 2.00 bits per heavy atom. The molecule has 0 bridgehead atoms. The number of hydrogen-bond acceptors (Lipinski definition) is 4. The van der Waals surface area contributed by atoms with Gasteiger partial charge in [-0.25, -0.2) is 0 Å². The summed E-state index contributed by atoms with van der Waals surface area (Å²) in [7, 11) is 1.67. The fourth-order valence-electron chi connectivity index (χ4n) is 3.48. The molecule has 0 unspecified atom stereocenters. The van der Waals surface area contributed by atoms with Crippen LogP contribution in [-0.2, 0) is 9.47 Å². The van der Waals surface area contributed by atoms with Gasteiger partial charge in [0.15, 0.2) is 5.79 Å². The van der Waals surface area contributed by atoms with Crippen molar-refractivity contribution in [2.45, 2.75) is 37.5 Å². The quantitative estimate of drug-likeness (QED) is 0.813. The van der Waals surface area contributed by atoms with Gasteiger partial charge in [0.2, 0.25) is 0 Å². The first-order valence-corrected chi connectivity index (χ1v) is 8.49. The van der Waals surface area contributed by atoms with E-state index in [-0.39, 0.29) is 5.79 Å². The molecule has 0 amide bonds. The van der Waals surface area contributed by atoms with Crippen molar-refractivity contribution in [2.24, 2.45) is 0 Å². The van der Waals surface area contributed by atoms with Crippen LogP contribution < -0.4 is 4.74 Å². The van der Waals surface area contributed by atoms with Crippen LogP contribution in [0.4, 0.5) is 0 Å². The zero-order valence-electron chi connectivity index (χ0n) is 12.5. The molecule has 0 radical (unpaired) electrons. The molecule has 1 saturated heterocycles. The molecule has 2 aliphatic rings. The molecule has 0 N–H and O–H groups in total. The maximum Gasteiger partial charge on any atom is 0.168 e. The van der Waals surface area contributed by atoms with Crippen LogP contribution in [0.5, 0.6) is 5.75 Å². The highest BCUT2D eigenvalue weighted by Crippen LogP contribution is 2.40. The Bertz CT molecular complexity index is 684. The van der Waals surface area contributed by atoms with Gasteiger partial charge in [0.1, 0.15) is 5.75 Å². The second-order valence-electron chi connectivity index (χ2n) is 5.99. The first-order valence-electron chi connectivity index (χ1n) is 7.69. The van der Waals surface area contributed by atoms with Crippen LogP contribution in [0.2, 0.25) is 0 Å². The number of aromatic nitrogens is 2. The van der Waals surface area contributed by atoms with Crippen LogP contribution in [0.25, 0.3) is 10.9 Å². The molecule has 4 rings (SSSR count). The summed E-state index contributed by atoms with van der Waals surface area (Å²) in [6.07, 6.45) is 6.08. The van der Waals surface area contributed by atoms with Crippen molar-refractivity contribution in [1.29, 1.82) is 0 Å². The van der Waals surface area contributed by atoms with E-state index in [1.54, 1.807) is 7.11 Å². The Kier molecular flexibility index (Phi) is 3.63. The fourth-order valence-corrected chi connectivity index (χ4v) is 4.00. The molecule has 0 atom stereocenters. The van der Waals surface area contributed by atoms with Gasteiger partial charge >= 0.3 is 0 Å².